The van der Waals surface area contributed by atoms with Crippen LogP contribution in [0.15, 0.2) is 23.6 Å². The lowest BCUT2D eigenvalue weighted by molar-refractivity contribution is 0.112. The van der Waals surface area contributed by atoms with Crippen LogP contribution in [0.5, 0.6) is 0 Å². The molecular weight excluding hydrogens is 288 g/mol. The van der Waals surface area contributed by atoms with Gasteiger partial charge in [-0.25, -0.2) is 0 Å². The van der Waals surface area contributed by atoms with Crippen molar-refractivity contribution >= 4 is 17.6 Å². The predicted molar refractivity (Wildman–Crippen MR) is 95.2 cm³/mol. The summed E-state index contributed by atoms with van der Waals surface area (Å²) in [5.74, 6) is 0. The van der Waals surface area contributed by atoms with Crippen LogP contribution in [0.1, 0.15) is 66.9 Å². The summed E-state index contributed by atoms with van der Waals surface area (Å²) in [4.78, 5) is 11.8. The smallest absolute Gasteiger partial charge is 0.160 e. The first-order chi connectivity index (χ1) is 10.2. The second-order valence-corrected chi connectivity index (χ2v) is 8.78. The highest BCUT2D eigenvalue weighted by Crippen LogP contribution is 2.47. The second kappa shape index (κ2) is 5.06. The fourth-order valence-electron chi connectivity index (χ4n) is 3.59. The standard InChI is InChI=1S/C20H24OS/c1-13-8-17-18(20(4,5)7-6-19(17,2)3)10-16(13)14-9-15(11-21)22-12-14/h8-12H,6-7H2,1-5H3. The van der Waals surface area contributed by atoms with Gasteiger partial charge in [0.1, 0.15) is 0 Å². The van der Waals surface area contributed by atoms with E-state index in [1.807, 2.05) is 6.07 Å². The van der Waals surface area contributed by atoms with Gasteiger partial charge in [-0.2, -0.15) is 0 Å². The van der Waals surface area contributed by atoms with Crippen LogP contribution in [0.4, 0.5) is 0 Å². The van der Waals surface area contributed by atoms with Crippen molar-refractivity contribution in [2.45, 2.75) is 58.3 Å². The Morgan fingerprint density at radius 2 is 1.59 bits per heavy atom. The number of aryl methyl sites for hydroxylation is 1. The number of carbonyl (C=O) groups is 1. The van der Waals surface area contributed by atoms with Crippen LogP contribution in [0.2, 0.25) is 0 Å². The zero-order valence-electron chi connectivity index (χ0n) is 14.1. The lowest BCUT2D eigenvalue weighted by atomic mass is 9.62. The Morgan fingerprint density at radius 3 is 2.14 bits per heavy atom. The molecule has 0 spiro atoms. The number of rotatable bonds is 2. The maximum Gasteiger partial charge on any atom is 0.160 e. The molecule has 0 radical (unpaired) electrons. The third-order valence-electron chi connectivity index (χ3n) is 5.24. The normalized spacial score (nSPS) is 18.8. The average molecular weight is 312 g/mol. The van der Waals surface area contributed by atoms with Crippen molar-refractivity contribution in [1.82, 2.24) is 0 Å². The Labute approximate surface area is 137 Å². The third-order valence-corrected chi connectivity index (χ3v) is 6.10. The molecule has 0 atom stereocenters. The molecule has 0 unspecified atom stereocenters. The molecule has 116 valence electrons. The fourth-order valence-corrected chi connectivity index (χ4v) is 4.30. The van der Waals surface area contributed by atoms with Gasteiger partial charge in [-0.15, -0.1) is 11.3 Å². The molecule has 0 fully saturated rings. The summed E-state index contributed by atoms with van der Waals surface area (Å²) in [5.41, 5.74) is 7.19. The molecule has 0 amide bonds. The van der Waals surface area contributed by atoms with Crippen molar-refractivity contribution in [2.75, 3.05) is 0 Å². The molecule has 0 N–H and O–H groups in total. The maximum atomic E-state index is 11.0. The summed E-state index contributed by atoms with van der Waals surface area (Å²) in [6, 6.07) is 6.76. The molecule has 2 heteroatoms. The van der Waals surface area contributed by atoms with Crippen LogP contribution in [-0.2, 0) is 10.8 Å². The number of aldehydes is 1. The molecule has 2 aromatic rings. The summed E-state index contributed by atoms with van der Waals surface area (Å²) >= 11 is 1.52. The average Bonchev–Trinajstić information content (AvgIpc) is 2.92. The third kappa shape index (κ3) is 2.44. The van der Waals surface area contributed by atoms with Gasteiger partial charge in [0.05, 0.1) is 4.88 Å². The van der Waals surface area contributed by atoms with Gasteiger partial charge < -0.3 is 0 Å². The number of fused-ring (bicyclic) bond motifs is 1. The number of benzene rings is 1. The molecule has 1 nitrogen and oxygen atoms in total. The van der Waals surface area contributed by atoms with Crippen LogP contribution in [-0.4, -0.2) is 6.29 Å². The number of hydrogen-bond acceptors (Lipinski definition) is 2. The van der Waals surface area contributed by atoms with Gasteiger partial charge in [0.15, 0.2) is 6.29 Å². The Kier molecular flexibility index (Phi) is 3.56. The van der Waals surface area contributed by atoms with E-state index >= 15 is 0 Å². The molecule has 0 saturated heterocycles. The summed E-state index contributed by atoms with van der Waals surface area (Å²) in [6.45, 7) is 11.6. The highest BCUT2D eigenvalue weighted by molar-refractivity contribution is 7.12. The van der Waals surface area contributed by atoms with Gasteiger partial charge in [-0.1, -0.05) is 39.8 Å². The minimum atomic E-state index is 0.219. The van der Waals surface area contributed by atoms with E-state index < -0.39 is 0 Å². The molecule has 1 aliphatic carbocycles. The van der Waals surface area contributed by atoms with Crippen LogP contribution >= 0.6 is 11.3 Å². The summed E-state index contributed by atoms with van der Waals surface area (Å²) in [5, 5.41) is 2.10. The Hall–Kier alpha value is -1.41. The van der Waals surface area contributed by atoms with Crippen molar-refractivity contribution in [3.8, 4) is 11.1 Å². The van der Waals surface area contributed by atoms with Gasteiger partial charge >= 0.3 is 0 Å². The molecule has 1 aliphatic rings. The van der Waals surface area contributed by atoms with Crippen LogP contribution < -0.4 is 0 Å². The summed E-state index contributed by atoms with van der Waals surface area (Å²) in [6.07, 6.45) is 3.40. The number of thiophene rings is 1. The van der Waals surface area contributed by atoms with E-state index in [2.05, 4.69) is 52.1 Å². The van der Waals surface area contributed by atoms with E-state index in [4.69, 9.17) is 0 Å². The minimum absolute atomic E-state index is 0.219. The number of carbonyl (C=O) groups excluding carboxylic acids is 1. The first-order valence-corrected chi connectivity index (χ1v) is 8.82. The first kappa shape index (κ1) is 15.5. The van der Waals surface area contributed by atoms with Gasteiger partial charge in [0.2, 0.25) is 0 Å². The monoisotopic (exact) mass is 312 g/mol. The number of hydrogen-bond donors (Lipinski definition) is 0. The topological polar surface area (TPSA) is 17.1 Å². The van der Waals surface area contributed by atoms with E-state index in [1.165, 1.54) is 52.0 Å². The minimum Gasteiger partial charge on any atom is -0.297 e. The lowest BCUT2D eigenvalue weighted by Gasteiger charge is -2.42. The van der Waals surface area contributed by atoms with Gasteiger partial charge in [-0.3, -0.25) is 4.79 Å². The van der Waals surface area contributed by atoms with E-state index in [0.717, 1.165) is 11.2 Å². The molecule has 0 aliphatic heterocycles. The Bertz CT molecular complexity index is 734. The van der Waals surface area contributed by atoms with Crippen molar-refractivity contribution in [3.63, 3.8) is 0 Å². The quantitative estimate of drug-likeness (QED) is 0.632. The SMILES string of the molecule is Cc1cc2c(cc1-c1csc(C=O)c1)C(C)(C)CCC2(C)C. The van der Waals surface area contributed by atoms with E-state index in [0.29, 0.717) is 0 Å². The van der Waals surface area contributed by atoms with E-state index in [9.17, 15) is 4.79 Å². The molecule has 1 heterocycles. The fraction of sp³-hybridized carbons (Fsp3) is 0.450. The van der Waals surface area contributed by atoms with Crippen molar-refractivity contribution in [2.24, 2.45) is 0 Å². The van der Waals surface area contributed by atoms with E-state index in [-0.39, 0.29) is 10.8 Å². The van der Waals surface area contributed by atoms with Crippen LogP contribution in [0, 0.1) is 6.92 Å². The zero-order valence-corrected chi connectivity index (χ0v) is 14.9. The maximum absolute atomic E-state index is 11.0. The van der Waals surface area contributed by atoms with Gasteiger partial charge in [0.25, 0.3) is 0 Å². The Morgan fingerprint density at radius 1 is 1.00 bits per heavy atom. The predicted octanol–water partition coefficient (Wildman–Crippen LogP) is 5.89. The molecule has 3 rings (SSSR count). The molecule has 22 heavy (non-hydrogen) atoms. The molecular formula is C20H24OS. The van der Waals surface area contributed by atoms with E-state index in [1.54, 1.807) is 0 Å². The molecule has 0 saturated carbocycles. The van der Waals surface area contributed by atoms with Gasteiger partial charge in [-0.05, 0) is 69.9 Å². The Balaban J connectivity index is 2.21. The first-order valence-electron chi connectivity index (χ1n) is 7.94. The molecule has 1 aromatic carbocycles. The lowest BCUT2D eigenvalue weighted by Crippen LogP contribution is -2.34. The van der Waals surface area contributed by atoms with Crippen molar-refractivity contribution in [1.29, 1.82) is 0 Å². The zero-order chi connectivity index (χ0) is 16.1. The van der Waals surface area contributed by atoms with Crippen LogP contribution in [0.25, 0.3) is 11.1 Å². The van der Waals surface area contributed by atoms with Crippen molar-refractivity contribution < 1.29 is 4.79 Å². The molecule has 0 bridgehead atoms. The summed E-state index contributed by atoms with van der Waals surface area (Å²) in [7, 11) is 0. The van der Waals surface area contributed by atoms with Crippen LogP contribution in [0.3, 0.4) is 0 Å². The highest BCUT2D eigenvalue weighted by Gasteiger charge is 2.37. The highest BCUT2D eigenvalue weighted by atomic mass is 32.1. The second-order valence-electron chi connectivity index (χ2n) is 7.84. The molecule has 1 aromatic heterocycles. The van der Waals surface area contributed by atoms with Crippen molar-refractivity contribution in [3.05, 3.63) is 45.1 Å². The summed E-state index contributed by atoms with van der Waals surface area (Å²) < 4.78 is 0. The van der Waals surface area contributed by atoms with Gasteiger partial charge in [0, 0.05) is 0 Å². The largest absolute Gasteiger partial charge is 0.297 e.